The van der Waals surface area contributed by atoms with Crippen LogP contribution < -0.4 is 5.32 Å². The molecule has 2 rings (SSSR count). The second kappa shape index (κ2) is 7.35. The molecule has 0 spiro atoms. The Morgan fingerprint density at radius 2 is 2.00 bits per heavy atom. The van der Waals surface area contributed by atoms with Crippen LogP contribution in [0.3, 0.4) is 0 Å². The van der Waals surface area contributed by atoms with E-state index in [0.717, 1.165) is 17.9 Å². The molecule has 2 aromatic rings. The van der Waals surface area contributed by atoms with Gasteiger partial charge >= 0.3 is 48.9 Å². The summed E-state index contributed by atoms with van der Waals surface area (Å²) in [6.45, 7) is 5.10. The number of rotatable bonds is 2. The largest absolute Gasteiger partial charge is 2.00 e. The number of aryl methyl sites for hydroxylation is 1. The Kier molecular flexibility index (Phi) is 7.35. The quantitative estimate of drug-likeness (QED) is 0.846. The monoisotopic (exact) mass is 342 g/mol. The predicted octanol–water partition coefficient (Wildman–Crippen LogP) is 3.46. The smallest absolute Gasteiger partial charge is 1.00 e. The minimum Gasteiger partial charge on any atom is -1.00 e. The second-order valence-electron chi connectivity index (χ2n) is 3.37. The third-order valence-corrected chi connectivity index (χ3v) is 2.28. The van der Waals surface area contributed by atoms with Gasteiger partial charge in [0.15, 0.2) is 0 Å². The molecule has 0 amide bonds. The van der Waals surface area contributed by atoms with E-state index in [1.807, 2.05) is 18.2 Å². The van der Waals surface area contributed by atoms with Crippen LogP contribution in [-0.4, -0.2) is 60.4 Å². The van der Waals surface area contributed by atoms with Crippen molar-refractivity contribution in [2.75, 3.05) is 11.9 Å². The molecule has 0 aliphatic rings. The number of fused-ring (bicyclic) bond motifs is 1. The maximum atomic E-state index is 4.51. The van der Waals surface area contributed by atoms with Crippen molar-refractivity contribution in [2.45, 2.75) is 21.3 Å². The van der Waals surface area contributed by atoms with Crippen LogP contribution in [0, 0.1) is 6.92 Å². The Hall–Kier alpha value is 0.00143. The molecular formula is C13H20BaN2. The number of benzene rings is 1. The molecule has 16 heavy (non-hydrogen) atoms. The molecule has 0 fully saturated rings. The van der Waals surface area contributed by atoms with E-state index in [4.69, 9.17) is 0 Å². The van der Waals surface area contributed by atoms with Gasteiger partial charge < -0.3 is 8.17 Å². The molecular weight excluding hydrogens is 321 g/mol. The van der Waals surface area contributed by atoms with Crippen LogP contribution in [0.5, 0.6) is 0 Å². The molecule has 0 bridgehead atoms. The first-order valence-corrected chi connectivity index (χ1v) is 4.91. The zero-order valence-electron chi connectivity index (χ0n) is 11.2. The summed E-state index contributed by atoms with van der Waals surface area (Å²) in [5.74, 6) is 0.962. The first-order chi connectivity index (χ1) is 6.81. The maximum Gasteiger partial charge on any atom is 2.00 e. The molecule has 1 heterocycles. The molecule has 1 N–H and O–H groups in total. The molecule has 0 radical (unpaired) electrons. The molecule has 0 aliphatic carbocycles. The summed E-state index contributed by atoms with van der Waals surface area (Å²) in [6, 6.07) is 10.3. The van der Waals surface area contributed by atoms with Crippen LogP contribution in [-0.2, 0) is 0 Å². The van der Waals surface area contributed by atoms with E-state index in [1.165, 1.54) is 10.9 Å². The number of nitrogens with zero attached hydrogens (tertiary/aromatic N) is 1. The average molecular weight is 342 g/mol. The van der Waals surface area contributed by atoms with Gasteiger partial charge in [-0.1, -0.05) is 25.6 Å². The van der Waals surface area contributed by atoms with Crippen molar-refractivity contribution in [2.24, 2.45) is 0 Å². The molecule has 0 aliphatic heterocycles. The van der Waals surface area contributed by atoms with Crippen molar-refractivity contribution in [3.05, 3.63) is 35.9 Å². The van der Waals surface area contributed by atoms with Gasteiger partial charge in [-0.25, -0.2) is 4.98 Å². The third kappa shape index (κ3) is 3.50. The van der Waals surface area contributed by atoms with Crippen LogP contribution >= 0.6 is 0 Å². The van der Waals surface area contributed by atoms with Crippen LogP contribution in [0.4, 0.5) is 5.82 Å². The number of para-hydroxylation sites is 1. The van der Waals surface area contributed by atoms with Gasteiger partial charge in [-0.15, -0.1) is 0 Å². The van der Waals surface area contributed by atoms with Crippen molar-refractivity contribution in [3.8, 4) is 0 Å². The van der Waals surface area contributed by atoms with E-state index >= 15 is 0 Å². The molecule has 0 atom stereocenters. The summed E-state index contributed by atoms with van der Waals surface area (Å²) in [4.78, 5) is 4.51. The number of anilines is 1. The van der Waals surface area contributed by atoms with Gasteiger partial charge in [0.2, 0.25) is 0 Å². The Balaban J connectivity index is -0.000000562. The van der Waals surface area contributed by atoms with E-state index in [2.05, 4.69) is 36.3 Å². The van der Waals surface area contributed by atoms with E-state index < -0.39 is 0 Å². The third-order valence-electron chi connectivity index (χ3n) is 2.28. The Morgan fingerprint density at radius 1 is 1.31 bits per heavy atom. The fourth-order valence-electron chi connectivity index (χ4n) is 1.62. The van der Waals surface area contributed by atoms with Gasteiger partial charge in [-0.3, -0.25) is 0 Å². The van der Waals surface area contributed by atoms with Crippen LogP contribution in [0.1, 0.15) is 22.8 Å². The van der Waals surface area contributed by atoms with Crippen molar-refractivity contribution in [3.63, 3.8) is 0 Å². The number of hydrogen-bond donors (Lipinski definition) is 1. The Labute approximate surface area is 141 Å². The van der Waals surface area contributed by atoms with Gasteiger partial charge in [0.1, 0.15) is 5.82 Å². The summed E-state index contributed by atoms with van der Waals surface area (Å²) >= 11 is 0. The summed E-state index contributed by atoms with van der Waals surface area (Å²) in [5.41, 5.74) is 2.33. The van der Waals surface area contributed by atoms with Crippen molar-refractivity contribution in [1.82, 2.24) is 4.98 Å². The van der Waals surface area contributed by atoms with E-state index in [-0.39, 0.29) is 59.2 Å². The summed E-state index contributed by atoms with van der Waals surface area (Å²) in [5, 5.41) is 4.46. The van der Waals surface area contributed by atoms with Gasteiger partial charge in [0.05, 0.1) is 5.52 Å². The molecule has 84 valence electrons. The number of aromatic nitrogens is 1. The summed E-state index contributed by atoms with van der Waals surface area (Å²) in [7, 11) is 0. The minimum atomic E-state index is 0. The SMILES string of the molecule is C.CCNc1cc(C)c2ccccc2n1.[Ba+2].[H-].[H-]. The summed E-state index contributed by atoms with van der Waals surface area (Å²) < 4.78 is 0. The number of hydrogen-bond acceptors (Lipinski definition) is 2. The molecule has 3 heteroatoms. The normalized spacial score (nSPS) is 9.12. The first kappa shape index (κ1) is 16.0. The van der Waals surface area contributed by atoms with Crippen molar-refractivity contribution >= 4 is 65.6 Å². The molecule has 0 unspecified atom stereocenters. The molecule has 0 saturated heterocycles. The average Bonchev–Trinajstić information content (AvgIpc) is 2.18. The zero-order valence-corrected chi connectivity index (χ0v) is 13.7. The Morgan fingerprint density at radius 3 is 2.69 bits per heavy atom. The van der Waals surface area contributed by atoms with Gasteiger partial charge in [0.25, 0.3) is 0 Å². The van der Waals surface area contributed by atoms with E-state index in [1.54, 1.807) is 0 Å². The molecule has 1 aromatic carbocycles. The van der Waals surface area contributed by atoms with Gasteiger partial charge in [-0.2, -0.15) is 0 Å². The van der Waals surface area contributed by atoms with Crippen molar-refractivity contribution < 1.29 is 2.85 Å². The van der Waals surface area contributed by atoms with Crippen LogP contribution in [0.25, 0.3) is 10.9 Å². The van der Waals surface area contributed by atoms with E-state index in [0.29, 0.717) is 0 Å². The fourth-order valence-corrected chi connectivity index (χ4v) is 1.62. The van der Waals surface area contributed by atoms with Crippen LogP contribution in [0.2, 0.25) is 0 Å². The van der Waals surface area contributed by atoms with Gasteiger partial charge in [-0.05, 0) is 31.5 Å². The van der Waals surface area contributed by atoms with Crippen molar-refractivity contribution in [1.29, 1.82) is 0 Å². The predicted molar refractivity (Wildman–Crippen MR) is 75.4 cm³/mol. The molecule has 2 nitrogen and oxygen atoms in total. The first-order valence-electron chi connectivity index (χ1n) is 4.91. The van der Waals surface area contributed by atoms with E-state index in [9.17, 15) is 0 Å². The number of nitrogens with one attached hydrogen (secondary N) is 1. The number of pyridine rings is 1. The maximum absolute atomic E-state index is 4.51. The minimum absolute atomic E-state index is 0. The van der Waals surface area contributed by atoms with Crippen LogP contribution in [0.15, 0.2) is 30.3 Å². The topological polar surface area (TPSA) is 24.9 Å². The second-order valence-corrected chi connectivity index (χ2v) is 3.37. The standard InChI is InChI=1S/C12H14N2.CH4.Ba.2H/c1-3-13-12-8-9(2)10-6-4-5-7-11(10)14-12;;;;/h4-8H,3H2,1-2H3,(H,13,14);1H4;;;/q;;+2;2*-1. The fraction of sp³-hybridized carbons (Fsp3) is 0.308. The summed E-state index contributed by atoms with van der Waals surface area (Å²) in [6.07, 6.45) is 0. The Bertz CT molecular complexity index is 464. The van der Waals surface area contributed by atoms with Gasteiger partial charge in [0, 0.05) is 11.9 Å². The molecule has 0 saturated carbocycles. The zero-order chi connectivity index (χ0) is 9.97. The molecule has 1 aromatic heterocycles.